The minimum atomic E-state index is -1.56. The number of carbonyl (C=O) groups is 1. The van der Waals surface area contributed by atoms with E-state index in [4.69, 9.17) is 9.47 Å². The molecule has 9 heteroatoms. The van der Waals surface area contributed by atoms with Gasteiger partial charge in [-0.15, -0.1) is 0 Å². The molecule has 1 rings (SSSR count). The highest BCUT2D eigenvalue weighted by molar-refractivity contribution is 5.76. The Hall–Kier alpha value is -1.85. The molecule has 1 heterocycles. The van der Waals surface area contributed by atoms with Crippen LogP contribution in [0, 0.1) is 0 Å². The third-order valence-corrected chi connectivity index (χ3v) is 11.9. The van der Waals surface area contributed by atoms with Crippen LogP contribution in [0.15, 0.2) is 48.6 Å². The molecule has 0 radical (unpaired) electrons. The average molecular weight is 862 g/mol. The number of ether oxygens (including phenoxy) is 2. The number of hydrogen-bond donors (Lipinski definition) is 6. The summed E-state index contributed by atoms with van der Waals surface area (Å²) in [5.74, 6) is -0.184. The van der Waals surface area contributed by atoms with Crippen molar-refractivity contribution in [3.8, 4) is 0 Å². The fourth-order valence-electron chi connectivity index (χ4n) is 7.92. The normalized spacial score (nSPS) is 20.8. The largest absolute Gasteiger partial charge is 0.394 e. The first-order valence-corrected chi connectivity index (χ1v) is 25.3. The molecule has 1 saturated heterocycles. The van der Waals surface area contributed by atoms with Gasteiger partial charge in [0, 0.05) is 6.42 Å². The Morgan fingerprint density at radius 3 is 1.48 bits per heavy atom. The van der Waals surface area contributed by atoms with Crippen molar-refractivity contribution in [2.45, 2.75) is 262 Å². The predicted octanol–water partition coefficient (Wildman–Crippen LogP) is 11.4. The van der Waals surface area contributed by atoms with Crippen molar-refractivity contribution >= 4 is 5.91 Å². The smallest absolute Gasteiger partial charge is 0.220 e. The van der Waals surface area contributed by atoms with Crippen LogP contribution in [0.1, 0.15) is 219 Å². The van der Waals surface area contributed by atoms with Gasteiger partial charge in [0.1, 0.15) is 24.4 Å². The Morgan fingerprint density at radius 1 is 0.574 bits per heavy atom. The molecule has 1 amide bonds. The lowest BCUT2D eigenvalue weighted by atomic mass is 9.99. The van der Waals surface area contributed by atoms with E-state index in [2.05, 4.69) is 67.8 Å². The first-order valence-electron chi connectivity index (χ1n) is 25.3. The summed E-state index contributed by atoms with van der Waals surface area (Å²) in [5, 5.41) is 54.4. The van der Waals surface area contributed by atoms with E-state index in [-0.39, 0.29) is 12.5 Å². The molecule has 0 spiro atoms. The van der Waals surface area contributed by atoms with E-state index in [0.717, 1.165) is 57.8 Å². The Bertz CT molecular complexity index is 1090. The summed E-state index contributed by atoms with van der Waals surface area (Å²) in [6.45, 7) is 3.70. The second kappa shape index (κ2) is 42.1. The third-order valence-electron chi connectivity index (χ3n) is 11.9. The van der Waals surface area contributed by atoms with Gasteiger partial charge < -0.3 is 40.3 Å². The fraction of sp³-hybridized carbons (Fsp3) is 0.827. The SMILES string of the molecule is CC/C=C\C/C=C\C/C=C\C/C=C\CCCCC(=O)NC(COC1OC(CO)C(O)C(O)C1O)C(O)CCCCCCCCCCCCCCCCCCCCCCCCC. The van der Waals surface area contributed by atoms with Crippen LogP contribution in [0.2, 0.25) is 0 Å². The van der Waals surface area contributed by atoms with E-state index in [1.807, 2.05) is 0 Å². The average Bonchev–Trinajstić information content (AvgIpc) is 3.26. The molecule has 0 saturated carbocycles. The van der Waals surface area contributed by atoms with E-state index in [0.29, 0.717) is 19.3 Å². The molecule has 61 heavy (non-hydrogen) atoms. The van der Waals surface area contributed by atoms with E-state index >= 15 is 0 Å². The van der Waals surface area contributed by atoms with Crippen molar-refractivity contribution < 1.29 is 39.8 Å². The third kappa shape index (κ3) is 32.5. The van der Waals surface area contributed by atoms with E-state index < -0.39 is 49.5 Å². The summed E-state index contributed by atoms with van der Waals surface area (Å²) in [5.41, 5.74) is 0. The molecule has 1 aliphatic rings. The van der Waals surface area contributed by atoms with Crippen molar-refractivity contribution in [1.82, 2.24) is 5.32 Å². The zero-order chi connectivity index (χ0) is 44.4. The van der Waals surface area contributed by atoms with Crippen molar-refractivity contribution in [3.63, 3.8) is 0 Å². The standard InChI is InChI=1S/C52H95NO8/c1-3-5-7-9-11-13-15-17-19-20-21-22-23-24-25-26-28-29-31-33-35-37-39-41-46(55)45(44-60-52-51(59)50(58)49(57)47(43-54)61-52)53-48(56)42-40-38-36-34-32-30-27-18-16-14-12-10-8-6-4-2/h6,8,12,14,18,27,32,34,45-47,49-52,54-55,57-59H,3-5,7,9-11,13,15-17,19-26,28-31,33,35-44H2,1-2H3,(H,53,56)/b8-6-,14-12-,27-18-,34-32-. The molecule has 0 aromatic rings. The summed E-state index contributed by atoms with van der Waals surface area (Å²) >= 11 is 0. The topological polar surface area (TPSA) is 149 Å². The van der Waals surface area contributed by atoms with Crippen LogP contribution in [0.4, 0.5) is 0 Å². The maximum absolute atomic E-state index is 13.0. The van der Waals surface area contributed by atoms with Gasteiger partial charge in [0.2, 0.25) is 5.91 Å². The fourth-order valence-corrected chi connectivity index (χ4v) is 7.92. The van der Waals surface area contributed by atoms with Crippen molar-refractivity contribution in [1.29, 1.82) is 0 Å². The van der Waals surface area contributed by atoms with Crippen LogP contribution in [0.3, 0.4) is 0 Å². The zero-order valence-electron chi connectivity index (χ0n) is 39.2. The molecule has 1 fully saturated rings. The van der Waals surface area contributed by atoms with Gasteiger partial charge in [0.15, 0.2) is 6.29 Å². The summed E-state index contributed by atoms with van der Waals surface area (Å²) in [7, 11) is 0. The van der Waals surface area contributed by atoms with Crippen LogP contribution < -0.4 is 5.32 Å². The molecule has 356 valence electrons. The van der Waals surface area contributed by atoms with Gasteiger partial charge in [-0.25, -0.2) is 0 Å². The molecule has 0 bridgehead atoms. The molecule has 7 atom stereocenters. The second-order valence-electron chi connectivity index (χ2n) is 17.6. The lowest BCUT2D eigenvalue weighted by Crippen LogP contribution is -2.60. The summed E-state index contributed by atoms with van der Waals surface area (Å²) in [6, 6.07) is -0.742. The summed E-state index contributed by atoms with van der Waals surface area (Å²) < 4.78 is 11.3. The lowest BCUT2D eigenvalue weighted by molar-refractivity contribution is -0.302. The monoisotopic (exact) mass is 862 g/mol. The number of rotatable bonds is 42. The van der Waals surface area contributed by atoms with Gasteiger partial charge >= 0.3 is 0 Å². The van der Waals surface area contributed by atoms with E-state index in [1.165, 1.54) is 128 Å². The molecule has 1 aliphatic heterocycles. The molecule has 0 aromatic heterocycles. The van der Waals surface area contributed by atoms with Gasteiger partial charge in [0.25, 0.3) is 0 Å². The number of hydrogen-bond acceptors (Lipinski definition) is 8. The van der Waals surface area contributed by atoms with Gasteiger partial charge in [-0.3, -0.25) is 4.79 Å². The van der Waals surface area contributed by atoms with Crippen molar-refractivity contribution in [3.05, 3.63) is 48.6 Å². The highest BCUT2D eigenvalue weighted by atomic mass is 16.7. The Kier molecular flexibility index (Phi) is 39.5. The van der Waals surface area contributed by atoms with E-state index in [1.54, 1.807) is 0 Å². The molecular weight excluding hydrogens is 767 g/mol. The maximum Gasteiger partial charge on any atom is 0.220 e. The van der Waals surface area contributed by atoms with Crippen molar-refractivity contribution in [2.24, 2.45) is 0 Å². The van der Waals surface area contributed by atoms with Crippen LogP contribution in [0.25, 0.3) is 0 Å². The number of unbranched alkanes of at least 4 members (excludes halogenated alkanes) is 24. The van der Waals surface area contributed by atoms with Gasteiger partial charge in [-0.05, 0) is 51.4 Å². The maximum atomic E-state index is 13.0. The molecular formula is C52H95NO8. The minimum absolute atomic E-state index is 0.156. The first-order chi connectivity index (χ1) is 29.8. The van der Waals surface area contributed by atoms with Gasteiger partial charge in [-0.2, -0.15) is 0 Å². The molecule has 0 aromatic carbocycles. The minimum Gasteiger partial charge on any atom is -0.394 e. The molecule has 6 N–H and O–H groups in total. The van der Waals surface area contributed by atoms with Crippen LogP contribution in [0.5, 0.6) is 0 Å². The van der Waals surface area contributed by atoms with Gasteiger partial charge in [0.05, 0.1) is 25.4 Å². The number of carbonyl (C=O) groups excluding carboxylic acids is 1. The Labute approximate surface area is 373 Å². The number of amides is 1. The van der Waals surface area contributed by atoms with Gasteiger partial charge in [-0.1, -0.05) is 210 Å². The van der Waals surface area contributed by atoms with E-state index in [9.17, 15) is 30.3 Å². The molecule has 0 aliphatic carbocycles. The number of aliphatic hydroxyl groups is 5. The summed E-state index contributed by atoms with van der Waals surface area (Å²) in [6.07, 6.45) is 47.0. The Morgan fingerprint density at radius 2 is 1.02 bits per heavy atom. The quantitative estimate of drug-likeness (QED) is 0.0262. The number of aliphatic hydroxyl groups excluding tert-OH is 5. The van der Waals surface area contributed by atoms with Crippen LogP contribution >= 0.6 is 0 Å². The Balaban J connectivity index is 2.28. The second-order valence-corrected chi connectivity index (χ2v) is 17.6. The highest BCUT2D eigenvalue weighted by Crippen LogP contribution is 2.23. The molecule has 9 nitrogen and oxygen atoms in total. The number of nitrogens with one attached hydrogen (secondary N) is 1. The lowest BCUT2D eigenvalue weighted by Gasteiger charge is -2.40. The molecule has 7 unspecified atom stereocenters. The predicted molar refractivity (Wildman–Crippen MR) is 253 cm³/mol. The van der Waals surface area contributed by atoms with Crippen LogP contribution in [-0.2, 0) is 14.3 Å². The summed E-state index contributed by atoms with van der Waals surface area (Å²) in [4.78, 5) is 13.0. The first kappa shape index (κ1) is 57.2. The number of allylic oxidation sites excluding steroid dienone is 8. The van der Waals surface area contributed by atoms with Crippen molar-refractivity contribution in [2.75, 3.05) is 13.2 Å². The van der Waals surface area contributed by atoms with Crippen LogP contribution in [-0.4, -0.2) is 87.5 Å². The zero-order valence-corrected chi connectivity index (χ0v) is 39.2. The highest BCUT2D eigenvalue weighted by Gasteiger charge is 2.44.